The van der Waals surface area contributed by atoms with Gasteiger partial charge in [0.1, 0.15) is 4.75 Å². The highest BCUT2D eigenvalue weighted by Crippen LogP contribution is 2.39. The molecule has 1 aliphatic carbocycles. The van der Waals surface area contributed by atoms with E-state index in [1.54, 1.807) is 0 Å². The van der Waals surface area contributed by atoms with Crippen molar-refractivity contribution in [2.75, 3.05) is 11.9 Å². The van der Waals surface area contributed by atoms with Crippen molar-refractivity contribution in [3.8, 4) is 0 Å². The fourth-order valence-electron chi connectivity index (χ4n) is 2.16. The molecule has 112 valence electrons. The van der Waals surface area contributed by atoms with E-state index in [1.165, 1.54) is 12.3 Å². The summed E-state index contributed by atoms with van der Waals surface area (Å²) in [4.78, 5) is 3.44. The normalized spacial score (nSPS) is 18.4. The molecule has 0 radical (unpaired) electrons. The first-order valence-electron chi connectivity index (χ1n) is 5.93. The van der Waals surface area contributed by atoms with E-state index in [0.717, 1.165) is 0 Å². The van der Waals surface area contributed by atoms with Gasteiger partial charge in [0.15, 0.2) is 0 Å². The fourth-order valence-corrected chi connectivity index (χ4v) is 3.29. The minimum Gasteiger partial charge on any atom is -0.383 e. The van der Waals surface area contributed by atoms with Gasteiger partial charge in [-0.2, -0.15) is 13.2 Å². The summed E-state index contributed by atoms with van der Waals surface area (Å²) >= 11 is 0. The molecule has 0 aliphatic heterocycles. The van der Waals surface area contributed by atoms with Crippen LogP contribution in [0.15, 0.2) is 18.5 Å². The van der Waals surface area contributed by atoms with Crippen molar-refractivity contribution >= 4 is 15.7 Å². The molecule has 1 saturated carbocycles. The molecule has 1 aromatic rings. The summed E-state index contributed by atoms with van der Waals surface area (Å²) in [5.41, 5.74) is -1.12. The van der Waals surface area contributed by atoms with Gasteiger partial charge in [-0.15, -0.1) is 0 Å². The Bertz CT molecular complexity index is 597. The van der Waals surface area contributed by atoms with Crippen molar-refractivity contribution in [2.24, 2.45) is 5.14 Å². The second-order valence-corrected chi connectivity index (χ2v) is 6.81. The predicted octanol–water partition coefficient (Wildman–Crippen LogP) is 1.72. The van der Waals surface area contributed by atoms with E-state index in [-0.39, 0.29) is 12.2 Å². The topological polar surface area (TPSA) is 85.1 Å². The van der Waals surface area contributed by atoms with Crippen LogP contribution in [-0.4, -0.2) is 24.7 Å². The number of nitrogens with two attached hydrogens (primary N) is 1. The minimum atomic E-state index is -4.55. The number of pyridine rings is 1. The fraction of sp³-hybridized carbons (Fsp3) is 0.545. The van der Waals surface area contributed by atoms with Crippen LogP contribution in [0, 0.1) is 0 Å². The third-order valence-corrected chi connectivity index (χ3v) is 5.36. The molecule has 0 bridgehead atoms. The molecular weight excluding hydrogens is 295 g/mol. The predicted molar refractivity (Wildman–Crippen MR) is 67.4 cm³/mol. The van der Waals surface area contributed by atoms with Gasteiger partial charge in [0.05, 0.1) is 5.56 Å². The molecule has 1 aliphatic rings. The van der Waals surface area contributed by atoms with Crippen molar-refractivity contribution in [1.82, 2.24) is 4.98 Å². The van der Waals surface area contributed by atoms with Crippen molar-refractivity contribution in [3.63, 3.8) is 0 Å². The Labute approximate surface area is 114 Å². The van der Waals surface area contributed by atoms with Crippen LogP contribution in [-0.2, 0) is 16.2 Å². The van der Waals surface area contributed by atoms with Crippen molar-refractivity contribution in [2.45, 2.75) is 30.2 Å². The molecule has 3 N–H and O–H groups in total. The number of alkyl halides is 3. The quantitative estimate of drug-likeness (QED) is 0.887. The Morgan fingerprint density at radius 3 is 2.50 bits per heavy atom. The molecule has 0 saturated heterocycles. The lowest BCUT2D eigenvalue weighted by molar-refractivity contribution is -0.137. The molecule has 0 aromatic carbocycles. The second kappa shape index (κ2) is 4.88. The van der Waals surface area contributed by atoms with E-state index in [2.05, 4.69) is 10.3 Å². The molecule has 9 heteroatoms. The summed E-state index contributed by atoms with van der Waals surface area (Å²) < 4.78 is 60.2. The number of hydrogen-bond donors (Lipinski definition) is 2. The highest BCUT2D eigenvalue weighted by molar-refractivity contribution is 7.90. The maximum atomic E-state index is 12.8. The summed E-state index contributed by atoms with van der Waals surface area (Å²) in [6, 6.07) is 1.17. The first-order chi connectivity index (χ1) is 9.16. The number of nitrogens with zero attached hydrogens (tertiary/aromatic N) is 1. The summed E-state index contributed by atoms with van der Waals surface area (Å²) in [6.45, 7) is -0.140. The molecule has 1 aromatic heterocycles. The maximum absolute atomic E-state index is 12.8. The summed E-state index contributed by atoms with van der Waals surface area (Å²) in [6.07, 6.45) is -1.24. The van der Waals surface area contributed by atoms with Crippen molar-refractivity contribution in [1.29, 1.82) is 0 Å². The van der Waals surface area contributed by atoms with Crippen LogP contribution in [0.1, 0.15) is 24.8 Å². The molecule has 5 nitrogen and oxygen atoms in total. The average Bonchev–Trinajstić information content (AvgIpc) is 2.24. The Hall–Kier alpha value is -1.35. The first-order valence-corrected chi connectivity index (χ1v) is 7.48. The molecule has 0 amide bonds. The zero-order valence-electron chi connectivity index (χ0n) is 10.4. The van der Waals surface area contributed by atoms with E-state index >= 15 is 0 Å². The van der Waals surface area contributed by atoms with Crippen LogP contribution in [0.2, 0.25) is 0 Å². The van der Waals surface area contributed by atoms with Crippen LogP contribution in [0.5, 0.6) is 0 Å². The van der Waals surface area contributed by atoms with Gasteiger partial charge in [-0.25, -0.2) is 13.6 Å². The first kappa shape index (κ1) is 15.0. The summed E-state index contributed by atoms with van der Waals surface area (Å²) in [5.74, 6) is 0. The lowest BCUT2D eigenvalue weighted by Gasteiger charge is -2.39. The van der Waals surface area contributed by atoms with Crippen LogP contribution >= 0.6 is 0 Å². The molecule has 1 fully saturated rings. The molecule has 20 heavy (non-hydrogen) atoms. The standard InChI is InChI=1S/C11H14F3N3O2S/c12-11(13,14)8-6-16-5-2-9(8)17-7-10(3-1-4-10)20(15,18)19/h2,5-6H,1,3-4,7H2,(H,16,17)(H2,15,18,19). The highest BCUT2D eigenvalue weighted by Gasteiger charge is 2.47. The second-order valence-electron chi connectivity index (χ2n) is 4.85. The van der Waals surface area contributed by atoms with Gasteiger partial charge in [0.2, 0.25) is 10.0 Å². The largest absolute Gasteiger partial charge is 0.419 e. The molecule has 0 atom stereocenters. The van der Waals surface area contributed by atoms with Crippen molar-refractivity contribution < 1.29 is 21.6 Å². The minimum absolute atomic E-state index is 0.140. The highest BCUT2D eigenvalue weighted by atomic mass is 32.2. The van der Waals surface area contributed by atoms with Gasteiger partial charge >= 0.3 is 6.18 Å². The smallest absolute Gasteiger partial charge is 0.383 e. The van der Waals surface area contributed by atoms with E-state index in [0.29, 0.717) is 25.5 Å². The van der Waals surface area contributed by atoms with E-state index in [4.69, 9.17) is 5.14 Å². The van der Waals surface area contributed by atoms with Gasteiger partial charge in [-0.3, -0.25) is 4.98 Å². The molecule has 2 rings (SSSR count). The SMILES string of the molecule is NS(=O)(=O)C1(CNc2ccncc2C(F)(F)F)CCC1. The Kier molecular flexibility index (Phi) is 3.67. The van der Waals surface area contributed by atoms with E-state index < -0.39 is 26.5 Å². The monoisotopic (exact) mass is 309 g/mol. The Balaban J connectivity index is 2.20. The Morgan fingerprint density at radius 2 is 2.05 bits per heavy atom. The van der Waals surface area contributed by atoms with E-state index in [9.17, 15) is 21.6 Å². The molecule has 1 heterocycles. The number of sulfonamides is 1. The maximum Gasteiger partial charge on any atom is 0.419 e. The molecule has 0 spiro atoms. The summed E-state index contributed by atoms with van der Waals surface area (Å²) in [7, 11) is -3.81. The van der Waals surface area contributed by atoms with Gasteiger partial charge < -0.3 is 5.32 Å². The molecular formula is C11H14F3N3O2S. The average molecular weight is 309 g/mol. The zero-order chi connectivity index (χ0) is 15.0. The number of primary sulfonamides is 1. The number of nitrogens with one attached hydrogen (secondary N) is 1. The number of aromatic nitrogens is 1. The summed E-state index contributed by atoms with van der Waals surface area (Å²) in [5, 5.41) is 7.71. The van der Waals surface area contributed by atoms with Crippen molar-refractivity contribution in [3.05, 3.63) is 24.0 Å². The van der Waals surface area contributed by atoms with Gasteiger partial charge in [-0.1, -0.05) is 6.42 Å². The number of rotatable bonds is 4. The van der Waals surface area contributed by atoms with E-state index in [1.807, 2.05) is 0 Å². The Morgan fingerprint density at radius 1 is 1.40 bits per heavy atom. The van der Waals surface area contributed by atoms with Crippen LogP contribution in [0.3, 0.4) is 0 Å². The van der Waals surface area contributed by atoms with Gasteiger partial charge in [0.25, 0.3) is 0 Å². The number of halogens is 3. The van der Waals surface area contributed by atoms with Gasteiger partial charge in [-0.05, 0) is 18.9 Å². The number of hydrogen-bond acceptors (Lipinski definition) is 4. The zero-order valence-corrected chi connectivity index (χ0v) is 11.3. The van der Waals surface area contributed by atoms with Crippen LogP contribution < -0.4 is 10.5 Å². The lowest BCUT2D eigenvalue weighted by Crippen LogP contribution is -2.53. The third kappa shape index (κ3) is 2.73. The lowest BCUT2D eigenvalue weighted by atomic mass is 9.84. The van der Waals surface area contributed by atoms with Gasteiger partial charge in [0, 0.05) is 24.6 Å². The van der Waals surface area contributed by atoms with Crippen LogP contribution in [0.25, 0.3) is 0 Å². The molecule has 0 unspecified atom stereocenters. The number of anilines is 1. The van der Waals surface area contributed by atoms with Crippen LogP contribution in [0.4, 0.5) is 18.9 Å². The third-order valence-electron chi connectivity index (χ3n) is 3.60.